The summed E-state index contributed by atoms with van der Waals surface area (Å²) in [5.41, 5.74) is 3.68. The van der Waals surface area contributed by atoms with E-state index in [-0.39, 0.29) is 11.9 Å². The molecule has 1 atom stereocenters. The Kier molecular flexibility index (Phi) is 4.11. The molecule has 0 amide bonds. The molecule has 0 saturated heterocycles. The summed E-state index contributed by atoms with van der Waals surface area (Å²) in [5.74, 6) is -0.784. The lowest BCUT2D eigenvalue weighted by atomic mass is 10.0. The predicted molar refractivity (Wildman–Crippen MR) is 121 cm³/mol. The van der Waals surface area contributed by atoms with Gasteiger partial charge in [0.05, 0.1) is 16.9 Å². The predicted octanol–water partition coefficient (Wildman–Crippen LogP) is 5.94. The van der Waals surface area contributed by atoms with Crippen molar-refractivity contribution in [2.75, 3.05) is 0 Å². The highest BCUT2D eigenvalue weighted by molar-refractivity contribution is 6.08. The van der Waals surface area contributed by atoms with E-state index in [1.807, 2.05) is 53.1 Å². The maximum absolute atomic E-state index is 11.4. The van der Waals surface area contributed by atoms with Gasteiger partial charge in [0.2, 0.25) is 11.6 Å². The van der Waals surface area contributed by atoms with Gasteiger partial charge in [-0.05, 0) is 34.5 Å². The van der Waals surface area contributed by atoms with Crippen LogP contribution in [-0.4, -0.2) is 21.4 Å². The van der Waals surface area contributed by atoms with Crippen LogP contribution in [0.3, 0.4) is 0 Å². The number of aromatic carboxylic acids is 1. The van der Waals surface area contributed by atoms with Crippen molar-refractivity contribution in [3.8, 4) is 5.88 Å². The number of rotatable bonds is 4. The fourth-order valence-electron chi connectivity index (χ4n) is 4.37. The zero-order valence-corrected chi connectivity index (χ0v) is 16.9. The third kappa shape index (κ3) is 2.88. The first kappa shape index (κ1) is 18.4. The molecule has 3 heterocycles. The molecule has 32 heavy (non-hydrogen) atoms. The van der Waals surface area contributed by atoms with E-state index < -0.39 is 5.97 Å². The van der Waals surface area contributed by atoms with E-state index in [0.29, 0.717) is 12.3 Å². The van der Waals surface area contributed by atoms with Gasteiger partial charge in [-0.3, -0.25) is 4.57 Å². The van der Waals surface area contributed by atoms with Crippen molar-refractivity contribution >= 4 is 33.4 Å². The van der Waals surface area contributed by atoms with Crippen molar-refractivity contribution in [2.45, 2.75) is 12.5 Å². The Labute approximate surface area is 182 Å². The molecule has 1 N–H and O–H groups in total. The van der Waals surface area contributed by atoms with Crippen molar-refractivity contribution in [3.63, 3.8) is 0 Å². The first-order valence-corrected chi connectivity index (χ1v) is 10.3. The number of oxime groups is 1. The van der Waals surface area contributed by atoms with Crippen molar-refractivity contribution < 1.29 is 19.2 Å². The molecule has 0 saturated carbocycles. The SMILES string of the molecule is O=C(O)c1ccc(-n2c(C3CC(c4ccccc4)=NO3)cc3c4ccccc4ccc32)o1. The van der Waals surface area contributed by atoms with Crippen LogP contribution in [0.1, 0.15) is 34.3 Å². The zero-order valence-electron chi connectivity index (χ0n) is 16.9. The number of benzene rings is 3. The van der Waals surface area contributed by atoms with Crippen LogP contribution >= 0.6 is 0 Å². The minimum absolute atomic E-state index is 0.109. The van der Waals surface area contributed by atoms with Crippen LogP contribution in [0.15, 0.2) is 94.5 Å². The van der Waals surface area contributed by atoms with Gasteiger partial charge >= 0.3 is 5.97 Å². The monoisotopic (exact) mass is 422 g/mol. The number of fused-ring (bicyclic) bond motifs is 3. The summed E-state index contributed by atoms with van der Waals surface area (Å²) in [4.78, 5) is 17.3. The van der Waals surface area contributed by atoms with Crippen LogP contribution in [0.2, 0.25) is 0 Å². The first-order valence-electron chi connectivity index (χ1n) is 10.3. The van der Waals surface area contributed by atoms with Crippen molar-refractivity contribution in [1.82, 2.24) is 4.57 Å². The Morgan fingerprint density at radius 3 is 2.56 bits per heavy atom. The highest BCUT2D eigenvalue weighted by Gasteiger charge is 2.29. The molecule has 5 aromatic rings. The molecule has 1 aliphatic rings. The Balaban J connectivity index is 1.52. The smallest absolute Gasteiger partial charge is 0.371 e. The number of hydrogen-bond donors (Lipinski definition) is 1. The summed E-state index contributed by atoms with van der Waals surface area (Å²) in [5, 5.41) is 17.0. The number of carbonyl (C=O) groups is 1. The topological polar surface area (TPSA) is 77.0 Å². The Hall–Kier alpha value is -4.32. The number of hydrogen-bond acceptors (Lipinski definition) is 4. The van der Waals surface area contributed by atoms with Gasteiger partial charge in [-0.1, -0.05) is 65.8 Å². The van der Waals surface area contributed by atoms with Gasteiger partial charge in [0.25, 0.3) is 0 Å². The summed E-state index contributed by atoms with van der Waals surface area (Å²) < 4.78 is 7.62. The minimum Gasteiger partial charge on any atom is -0.475 e. The molecular weight excluding hydrogens is 404 g/mol. The maximum atomic E-state index is 11.4. The molecule has 6 heteroatoms. The lowest BCUT2D eigenvalue weighted by Crippen LogP contribution is -2.07. The van der Waals surface area contributed by atoms with E-state index in [1.165, 1.54) is 6.07 Å². The Bertz CT molecular complexity index is 1510. The van der Waals surface area contributed by atoms with E-state index >= 15 is 0 Å². The van der Waals surface area contributed by atoms with Crippen LogP contribution in [-0.2, 0) is 4.84 Å². The molecule has 6 rings (SSSR count). The molecule has 0 fully saturated rings. The molecule has 3 aromatic carbocycles. The number of aromatic nitrogens is 1. The number of carboxylic acids is 1. The molecule has 0 bridgehead atoms. The van der Waals surface area contributed by atoms with Crippen LogP contribution < -0.4 is 0 Å². The third-order valence-corrected chi connectivity index (χ3v) is 5.87. The average molecular weight is 422 g/mol. The number of nitrogens with zero attached hydrogens (tertiary/aromatic N) is 2. The lowest BCUT2D eigenvalue weighted by Gasteiger charge is -2.12. The van der Waals surface area contributed by atoms with Crippen LogP contribution in [0.5, 0.6) is 0 Å². The highest BCUT2D eigenvalue weighted by atomic mass is 16.6. The van der Waals surface area contributed by atoms with E-state index in [2.05, 4.69) is 29.4 Å². The van der Waals surface area contributed by atoms with Crippen LogP contribution in [0.4, 0.5) is 0 Å². The Morgan fingerprint density at radius 1 is 0.938 bits per heavy atom. The van der Waals surface area contributed by atoms with Crippen LogP contribution in [0.25, 0.3) is 27.6 Å². The maximum Gasteiger partial charge on any atom is 0.371 e. The van der Waals surface area contributed by atoms with Gasteiger partial charge in [0.1, 0.15) is 0 Å². The van der Waals surface area contributed by atoms with Gasteiger partial charge < -0.3 is 14.4 Å². The normalized spacial score (nSPS) is 15.8. The van der Waals surface area contributed by atoms with E-state index in [0.717, 1.165) is 38.6 Å². The third-order valence-electron chi connectivity index (χ3n) is 5.87. The van der Waals surface area contributed by atoms with E-state index in [1.54, 1.807) is 6.07 Å². The molecule has 156 valence electrons. The van der Waals surface area contributed by atoms with Gasteiger partial charge in [0, 0.05) is 17.9 Å². The molecule has 0 spiro atoms. The molecule has 1 unspecified atom stereocenters. The number of carboxylic acid groups (broad SMARTS) is 1. The van der Waals surface area contributed by atoms with Crippen molar-refractivity contribution in [1.29, 1.82) is 0 Å². The molecule has 2 aromatic heterocycles. The summed E-state index contributed by atoms with van der Waals surface area (Å²) in [6, 6.07) is 27.4. The first-order chi connectivity index (χ1) is 15.7. The Morgan fingerprint density at radius 2 is 1.75 bits per heavy atom. The van der Waals surface area contributed by atoms with Gasteiger partial charge in [0.15, 0.2) is 6.10 Å². The molecule has 1 aliphatic heterocycles. The lowest BCUT2D eigenvalue weighted by molar-refractivity contribution is 0.0661. The van der Waals surface area contributed by atoms with Crippen LogP contribution in [0, 0.1) is 0 Å². The molecule has 0 radical (unpaired) electrons. The van der Waals surface area contributed by atoms with Crippen molar-refractivity contribution in [2.24, 2.45) is 5.16 Å². The second-order valence-corrected chi connectivity index (χ2v) is 7.77. The minimum atomic E-state index is -1.11. The second kappa shape index (κ2) is 7.13. The molecule has 0 aliphatic carbocycles. The average Bonchev–Trinajstić information content (AvgIpc) is 3.57. The molecular formula is C26H18N2O4. The zero-order chi connectivity index (χ0) is 21.7. The summed E-state index contributed by atoms with van der Waals surface area (Å²) >= 11 is 0. The largest absolute Gasteiger partial charge is 0.475 e. The summed E-state index contributed by atoms with van der Waals surface area (Å²) in [7, 11) is 0. The van der Waals surface area contributed by atoms with E-state index in [4.69, 9.17) is 9.25 Å². The standard InChI is InChI=1S/C26H18N2O4/c29-26(30)23-12-13-25(31-23)28-21-11-10-16-6-4-5-9-18(16)19(21)14-22(28)24-15-20(27-32-24)17-7-2-1-3-8-17/h1-14,24H,15H2,(H,29,30). The van der Waals surface area contributed by atoms with Gasteiger partial charge in [-0.15, -0.1) is 0 Å². The van der Waals surface area contributed by atoms with Gasteiger partial charge in [-0.25, -0.2) is 4.79 Å². The highest BCUT2D eigenvalue weighted by Crippen LogP contribution is 2.38. The van der Waals surface area contributed by atoms with Crippen molar-refractivity contribution in [3.05, 3.63) is 102 Å². The summed E-state index contributed by atoms with van der Waals surface area (Å²) in [6.07, 6.45) is 0.278. The van der Waals surface area contributed by atoms with Gasteiger partial charge in [-0.2, -0.15) is 0 Å². The quantitative estimate of drug-likeness (QED) is 0.389. The number of furan rings is 1. The second-order valence-electron chi connectivity index (χ2n) is 7.77. The fourth-order valence-corrected chi connectivity index (χ4v) is 4.37. The fraction of sp³-hybridized carbons (Fsp3) is 0.0769. The van der Waals surface area contributed by atoms with E-state index in [9.17, 15) is 9.90 Å². The summed E-state index contributed by atoms with van der Waals surface area (Å²) in [6.45, 7) is 0. The molecule has 6 nitrogen and oxygen atoms in total.